The standard InChI is InChI=1S/C27H21F2NO4/c28-19-9-12-21(29)22(14-19)30-24(16-7-10-20(31)11-8-16)23(26(33)27(30)34)25(32)18-6-5-15-3-1-2-4-17(15)13-18/h5-14,24,31-32H,1-4H2/b25-23-. The summed E-state index contributed by atoms with van der Waals surface area (Å²) >= 11 is 0. The lowest BCUT2D eigenvalue weighted by molar-refractivity contribution is -0.132. The number of hydrogen-bond donors (Lipinski definition) is 2. The highest BCUT2D eigenvalue weighted by molar-refractivity contribution is 6.51. The zero-order chi connectivity index (χ0) is 24.0. The lowest BCUT2D eigenvalue weighted by Gasteiger charge is -2.26. The number of carbonyl (C=O) groups is 2. The minimum atomic E-state index is -1.21. The average Bonchev–Trinajstić information content (AvgIpc) is 3.10. The van der Waals surface area contributed by atoms with Crippen molar-refractivity contribution >= 4 is 23.1 Å². The molecule has 0 aromatic heterocycles. The van der Waals surface area contributed by atoms with E-state index in [9.17, 15) is 28.6 Å². The first kappa shape index (κ1) is 21.8. The van der Waals surface area contributed by atoms with Crippen LogP contribution in [0.4, 0.5) is 14.5 Å². The summed E-state index contributed by atoms with van der Waals surface area (Å²) < 4.78 is 28.7. The van der Waals surface area contributed by atoms with Gasteiger partial charge in [-0.25, -0.2) is 8.78 Å². The van der Waals surface area contributed by atoms with Crippen molar-refractivity contribution in [3.63, 3.8) is 0 Å². The monoisotopic (exact) mass is 461 g/mol. The zero-order valence-electron chi connectivity index (χ0n) is 18.1. The lowest BCUT2D eigenvalue weighted by atomic mass is 9.88. The molecule has 1 atom stereocenters. The molecule has 1 amide bonds. The van der Waals surface area contributed by atoms with E-state index in [2.05, 4.69) is 0 Å². The summed E-state index contributed by atoms with van der Waals surface area (Å²) in [6.45, 7) is 0. The molecule has 34 heavy (non-hydrogen) atoms. The number of rotatable bonds is 3. The van der Waals surface area contributed by atoms with Crippen LogP contribution >= 0.6 is 0 Å². The molecule has 5 nitrogen and oxygen atoms in total. The first-order valence-corrected chi connectivity index (χ1v) is 11.0. The SMILES string of the molecule is O=C1C(=O)N(c2cc(F)ccc2F)C(c2ccc(O)cc2)/C1=C(/O)c1ccc2c(c1)CCCC2. The minimum Gasteiger partial charge on any atom is -0.508 e. The Balaban J connectivity index is 1.72. The van der Waals surface area contributed by atoms with E-state index in [-0.39, 0.29) is 17.1 Å². The number of nitrogens with zero attached hydrogens (tertiary/aromatic N) is 1. The number of fused-ring (bicyclic) bond motifs is 1. The molecule has 5 rings (SSSR count). The van der Waals surface area contributed by atoms with Crippen LogP contribution in [-0.2, 0) is 22.4 Å². The summed E-state index contributed by atoms with van der Waals surface area (Å²) in [5.74, 6) is -4.19. The Kier molecular flexibility index (Phi) is 5.40. The van der Waals surface area contributed by atoms with Gasteiger partial charge >= 0.3 is 0 Å². The first-order valence-electron chi connectivity index (χ1n) is 11.0. The van der Waals surface area contributed by atoms with E-state index < -0.39 is 35.1 Å². The van der Waals surface area contributed by atoms with Gasteiger partial charge in [-0.2, -0.15) is 0 Å². The number of phenols is 1. The molecule has 1 fully saturated rings. The maximum Gasteiger partial charge on any atom is 0.300 e. The minimum absolute atomic E-state index is 0.0488. The Morgan fingerprint density at radius 3 is 2.32 bits per heavy atom. The van der Waals surface area contributed by atoms with Gasteiger partial charge < -0.3 is 10.2 Å². The smallest absolute Gasteiger partial charge is 0.300 e. The van der Waals surface area contributed by atoms with E-state index in [1.807, 2.05) is 12.1 Å². The largest absolute Gasteiger partial charge is 0.508 e. The number of aliphatic hydroxyl groups is 1. The summed E-state index contributed by atoms with van der Waals surface area (Å²) in [6, 6.07) is 12.5. The predicted octanol–water partition coefficient (Wildman–Crippen LogP) is 5.18. The van der Waals surface area contributed by atoms with Crippen LogP contribution in [0.1, 0.15) is 41.1 Å². The van der Waals surface area contributed by atoms with Gasteiger partial charge in [-0.15, -0.1) is 0 Å². The van der Waals surface area contributed by atoms with Crippen LogP contribution in [0.15, 0.2) is 66.2 Å². The summed E-state index contributed by atoms with van der Waals surface area (Å²) in [7, 11) is 0. The highest BCUT2D eigenvalue weighted by Crippen LogP contribution is 2.43. The van der Waals surface area contributed by atoms with Crippen LogP contribution in [0.25, 0.3) is 5.76 Å². The third-order valence-corrected chi connectivity index (χ3v) is 6.44. The second kappa shape index (κ2) is 8.41. The normalized spacial score (nSPS) is 19.4. The number of amides is 1. The number of halogens is 2. The van der Waals surface area contributed by atoms with Gasteiger partial charge in [-0.1, -0.05) is 24.3 Å². The van der Waals surface area contributed by atoms with Gasteiger partial charge in [0.2, 0.25) is 0 Å². The van der Waals surface area contributed by atoms with Gasteiger partial charge in [-0.05, 0) is 72.7 Å². The molecule has 0 saturated carbocycles. The van der Waals surface area contributed by atoms with E-state index in [1.54, 1.807) is 6.07 Å². The Morgan fingerprint density at radius 1 is 0.882 bits per heavy atom. The van der Waals surface area contributed by atoms with Gasteiger partial charge in [-0.3, -0.25) is 14.5 Å². The first-order chi connectivity index (χ1) is 16.3. The molecule has 1 unspecified atom stereocenters. The second-order valence-electron chi connectivity index (χ2n) is 8.55. The number of phenolic OH excluding ortho intramolecular Hbond substituents is 1. The molecule has 2 N–H and O–H groups in total. The van der Waals surface area contributed by atoms with Gasteiger partial charge in [0.1, 0.15) is 23.1 Å². The van der Waals surface area contributed by atoms with Crippen molar-refractivity contribution < 1.29 is 28.6 Å². The van der Waals surface area contributed by atoms with Crippen LogP contribution in [0, 0.1) is 11.6 Å². The van der Waals surface area contributed by atoms with Crippen LogP contribution in [-0.4, -0.2) is 21.9 Å². The lowest BCUT2D eigenvalue weighted by Crippen LogP contribution is -2.30. The molecule has 0 bridgehead atoms. The van der Waals surface area contributed by atoms with Gasteiger partial charge in [0.05, 0.1) is 17.3 Å². The summed E-state index contributed by atoms with van der Waals surface area (Å²) in [5.41, 5.74) is 2.34. The molecule has 0 spiro atoms. The van der Waals surface area contributed by atoms with Crippen molar-refractivity contribution in [1.82, 2.24) is 0 Å². The molecule has 2 aliphatic rings. The van der Waals surface area contributed by atoms with E-state index in [0.29, 0.717) is 11.1 Å². The quantitative estimate of drug-likeness (QED) is 0.320. The number of aromatic hydroxyl groups is 1. The number of carbonyl (C=O) groups excluding carboxylic acids is 2. The third-order valence-electron chi connectivity index (χ3n) is 6.44. The fraction of sp³-hybridized carbons (Fsp3) is 0.185. The molecule has 1 heterocycles. The predicted molar refractivity (Wildman–Crippen MR) is 122 cm³/mol. The summed E-state index contributed by atoms with van der Waals surface area (Å²) in [6.07, 6.45) is 3.89. The molecular weight excluding hydrogens is 440 g/mol. The van der Waals surface area contributed by atoms with Crippen LogP contribution in [0.3, 0.4) is 0 Å². The average molecular weight is 461 g/mol. The van der Waals surface area contributed by atoms with Crippen molar-refractivity contribution in [2.45, 2.75) is 31.7 Å². The van der Waals surface area contributed by atoms with E-state index in [4.69, 9.17) is 0 Å². The van der Waals surface area contributed by atoms with E-state index in [0.717, 1.165) is 54.3 Å². The fourth-order valence-corrected chi connectivity index (χ4v) is 4.76. The molecular formula is C27H21F2NO4. The number of anilines is 1. The van der Waals surface area contributed by atoms with Gasteiger partial charge in [0, 0.05) is 11.6 Å². The Hall–Kier alpha value is -4.00. The van der Waals surface area contributed by atoms with Crippen molar-refractivity contribution in [2.75, 3.05) is 4.90 Å². The number of ketones is 1. The third kappa shape index (κ3) is 3.63. The number of hydrogen-bond acceptors (Lipinski definition) is 4. The van der Waals surface area contributed by atoms with Crippen LogP contribution < -0.4 is 4.90 Å². The van der Waals surface area contributed by atoms with E-state index >= 15 is 0 Å². The molecule has 1 aliphatic heterocycles. The van der Waals surface area contributed by atoms with Crippen molar-refractivity contribution in [3.8, 4) is 5.75 Å². The highest BCUT2D eigenvalue weighted by atomic mass is 19.1. The van der Waals surface area contributed by atoms with Crippen molar-refractivity contribution in [1.29, 1.82) is 0 Å². The van der Waals surface area contributed by atoms with Crippen LogP contribution in [0.5, 0.6) is 5.75 Å². The maximum atomic E-state index is 14.7. The zero-order valence-corrected chi connectivity index (χ0v) is 18.1. The van der Waals surface area contributed by atoms with Gasteiger partial charge in [0.15, 0.2) is 0 Å². The molecule has 172 valence electrons. The van der Waals surface area contributed by atoms with Crippen molar-refractivity contribution in [2.24, 2.45) is 0 Å². The Morgan fingerprint density at radius 2 is 1.59 bits per heavy atom. The maximum absolute atomic E-state index is 14.7. The molecule has 0 radical (unpaired) electrons. The summed E-state index contributed by atoms with van der Waals surface area (Å²) in [5, 5.41) is 21.0. The number of aliphatic hydroxyl groups excluding tert-OH is 1. The molecule has 3 aromatic rings. The number of benzene rings is 3. The highest BCUT2D eigenvalue weighted by Gasteiger charge is 2.47. The number of aryl methyl sites for hydroxylation is 2. The topological polar surface area (TPSA) is 77.8 Å². The fourth-order valence-electron chi connectivity index (χ4n) is 4.76. The Bertz CT molecular complexity index is 1350. The summed E-state index contributed by atoms with van der Waals surface area (Å²) in [4.78, 5) is 27.1. The second-order valence-corrected chi connectivity index (χ2v) is 8.55. The van der Waals surface area contributed by atoms with Gasteiger partial charge in [0.25, 0.3) is 11.7 Å². The Labute approximate surface area is 194 Å². The molecule has 1 saturated heterocycles. The molecule has 1 aliphatic carbocycles. The van der Waals surface area contributed by atoms with Crippen LogP contribution in [0.2, 0.25) is 0 Å². The molecule has 7 heteroatoms. The number of Topliss-reactive ketones (excluding diaryl/α,β-unsaturated/α-hetero) is 1. The van der Waals surface area contributed by atoms with Crippen molar-refractivity contribution in [3.05, 3.63) is 100 Å². The molecule has 3 aromatic carbocycles. The van der Waals surface area contributed by atoms with E-state index in [1.165, 1.54) is 29.8 Å².